The Morgan fingerprint density at radius 2 is 1.89 bits per heavy atom. The summed E-state index contributed by atoms with van der Waals surface area (Å²) in [5, 5.41) is 8.99. The first-order valence-electron chi connectivity index (χ1n) is 5.90. The summed E-state index contributed by atoms with van der Waals surface area (Å²) >= 11 is 0. The Kier molecular flexibility index (Phi) is 3.19. The summed E-state index contributed by atoms with van der Waals surface area (Å²) in [6.07, 6.45) is 4.13. The monoisotopic (exact) mass is 268 g/mol. The molecule has 98 valence electrons. The van der Waals surface area contributed by atoms with Crippen LogP contribution < -0.4 is 0 Å². The molecule has 0 heterocycles. The van der Waals surface area contributed by atoms with Gasteiger partial charge < -0.3 is 5.11 Å². The van der Waals surface area contributed by atoms with E-state index in [9.17, 15) is 13.2 Å². The number of carboxylic acids is 1. The topological polar surface area (TPSA) is 71.4 Å². The summed E-state index contributed by atoms with van der Waals surface area (Å²) in [7, 11) is -3.25. The van der Waals surface area contributed by atoms with Crippen LogP contribution in [0.2, 0.25) is 0 Å². The first-order valence-corrected chi connectivity index (χ1v) is 7.79. The van der Waals surface area contributed by atoms with Crippen molar-refractivity contribution in [3.05, 3.63) is 35.4 Å². The van der Waals surface area contributed by atoms with E-state index < -0.39 is 20.6 Å². The van der Waals surface area contributed by atoms with Gasteiger partial charge in [0.15, 0.2) is 9.84 Å². The number of aromatic carboxylic acids is 1. The lowest BCUT2D eigenvalue weighted by Gasteiger charge is -2.27. The summed E-state index contributed by atoms with van der Waals surface area (Å²) < 4.78 is 23.3. The lowest BCUT2D eigenvalue weighted by atomic mass is 9.95. The van der Waals surface area contributed by atoms with Crippen LogP contribution in [0.5, 0.6) is 0 Å². The molecule has 0 bridgehead atoms. The van der Waals surface area contributed by atoms with E-state index in [4.69, 9.17) is 5.11 Å². The summed E-state index contributed by atoms with van der Waals surface area (Å²) in [5.74, 6) is -1.03. The van der Waals surface area contributed by atoms with Gasteiger partial charge in [0.25, 0.3) is 0 Å². The molecule has 1 N–H and O–H groups in total. The third-order valence-corrected chi connectivity index (χ3v) is 5.82. The number of carboxylic acid groups (broad SMARTS) is 1. The number of benzene rings is 1. The predicted molar refractivity (Wildman–Crippen MR) is 68.4 cm³/mol. The van der Waals surface area contributed by atoms with Crippen LogP contribution in [0.15, 0.2) is 24.3 Å². The number of hydrogen-bond donors (Lipinski definition) is 1. The molecule has 0 saturated heterocycles. The van der Waals surface area contributed by atoms with Crippen LogP contribution in [0.3, 0.4) is 0 Å². The zero-order valence-electron chi connectivity index (χ0n) is 10.2. The van der Waals surface area contributed by atoms with Gasteiger partial charge >= 0.3 is 5.97 Å². The third-order valence-electron chi connectivity index (χ3n) is 3.76. The highest BCUT2D eigenvalue weighted by Crippen LogP contribution is 2.45. The van der Waals surface area contributed by atoms with E-state index in [0.717, 1.165) is 12.8 Å². The highest BCUT2D eigenvalue weighted by Gasteiger charge is 2.44. The normalized spacial score (nSPS) is 18.7. The molecule has 1 aliphatic rings. The van der Waals surface area contributed by atoms with Crippen molar-refractivity contribution < 1.29 is 18.3 Å². The Hall–Kier alpha value is -1.36. The van der Waals surface area contributed by atoms with Crippen LogP contribution >= 0.6 is 0 Å². The molecule has 1 aliphatic carbocycles. The summed E-state index contributed by atoms with van der Waals surface area (Å²) in [5.41, 5.74) is 0.754. The van der Waals surface area contributed by atoms with Crippen LogP contribution in [0.4, 0.5) is 0 Å². The summed E-state index contributed by atoms with van der Waals surface area (Å²) in [4.78, 5) is 11.0. The van der Waals surface area contributed by atoms with E-state index in [-0.39, 0.29) is 5.56 Å². The Morgan fingerprint density at radius 3 is 2.39 bits per heavy atom. The highest BCUT2D eigenvalue weighted by atomic mass is 32.2. The van der Waals surface area contributed by atoms with Gasteiger partial charge in [-0.15, -0.1) is 0 Å². The van der Waals surface area contributed by atoms with Crippen LogP contribution in [-0.4, -0.2) is 25.7 Å². The smallest absolute Gasteiger partial charge is 0.335 e. The zero-order valence-corrected chi connectivity index (χ0v) is 11.0. The van der Waals surface area contributed by atoms with Gasteiger partial charge in [0.05, 0.1) is 10.3 Å². The second-order valence-corrected chi connectivity index (χ2v) is 7.19. The maximum atomic E-state index is 12.1. The van der Waals surface area contributed by atoms with Gasteiger partial charge in [-0.25, -0.2) is 13.2 Å². The standard InChI is InChI=1S/C13H16O4S/c1-18(16,17)13(7-2-3-8-13)11-6-4-5-10(9-11)12(14)15/h4-6,9H,2-3,7-8H2,1H3,(H,14,15). The Morgan fingerprint density at radius 1 is 1.28 bits per heavy atom. The molecule has 1 aromatic rings. The second-order valence-electron chi connectivity index (χ2n) is 4.86. The number of sulfone groups is 1. The van der Waals surface area contributed by atoms with Crippen molar-refractivity contribution in [2.75, 3.05) is 6.26 Å². The van der Waals surface area contributed by atoms with Crippen LogP contribution in [0, 0.1) is 0 Å². The van der Waals surface area contributed by atoms with Crippen molar-refractivity contribution in [3.8, 4) is 0 Å². The summed E-state index contributed by atoms with van der Waals surface area (Å²) in [6.45, 7) is 0. The minimum Gasteiger partial charge on any atom is -0.478 e. The van der Waals surface area contributed by atoms with Gasteiger partial charge in [-0.3, -0.25) is 0 Å². The Balaban J connectivity index is 2.57. The molecular weight excluding hydrogens is 252 g/mol. The van der Waals surface area contributed by atoms with Gasteiger partial charge in [-0.05, 0) is 30.5 Å². The number of carbonyl (C=O) groups is 1. The van der Waals surface area contributed by atoms with Crippen molar-refractivity contribution in [2.24, 2.45) is 0 Å². The molecule has 0 aliphatic heterocycles. The molecule has 0 radical (unpaired) electrons. The van der Waals surface area contributed by atoms with Crippen molar-refractivity contribution in [1.82, 2.24) is 0 Å². The number of hydrogen-bond acceptors (Lipinski definition) is 3. The molecule has 0 aromatic heterocycles. The van der Waals surface area contributed by atoms with Crippen molar-refractivity contribution in [3.63, 3.8) is 0 Å². The molecule has 0 atom stereocenters. The zero-order chi connectivity index (χ0) is 13.4. The van der Waals surface area contributed by atoms with E-state index in [1.54, 1.807) is 12.1 Å². The fraction of sp³-hybridized carbons (Fsp3) is 0.462. The quantitative estimate of drug-likeness (QED) is 0.912. The maximum absolute atomic E-state index is 12.1. The minimum absolute atomic E-state index is 0.141. The fourth-order valence-corrected chi connectivity index (χ4v) is 4.34. The Bertz CT molecular complexity index is 568. The molecular formula is C13H16O4S. The first-order chi connectivity index (χ1) is 8.37. The molecule has 0 amide bonds. The van der Waals surface area contributed by atoms with Crippen LogP contribution in [0.1, 0.15) is 41.6 Å². The maximum Gasteiger partial charge on any atom is 0.335 e. The van der Waals surface area contributed by atoms with E-state index >= 15 is 0 Å². The predicted octanol–water partition coefficient (Wildman–Crippen LogP) is 2.20. The van der Waals surface area contributed by atoms with Crippen LogP contribution in [0.25, 0.3) is 0 Å². The van der Waals surface area contributed by atoms with E-state index in [2.05, 4.69) is 0 Å². The SMILES string of the molecule is CS(=O)(=O)C1(c2cccc(C(=O)O)c2)CCCC1. The molecule has 5 heteroatoms. The molecule has 1 fully saturated rings. The van der Waals surface area contributed by atoms with Crippen molar-refractivity contribution >= 4 is 15.8 Å². The molecule has 0 spiro atoms. The largest absolute Gasteiger partial charge is 0.478 e. The van der Waals surface area contributed by atoms with Gasteiger partial charge in [0, 0.05) is 6.26 Å². The highest BCUT2D eigenvalue weighted by molar-refractivity contribution is 7.91. The van der Waals surface area contributed by atoms with E-state index in [1.165, 1.54) is 18.4 Å². The van der Waals surface area contributed by atoms with E-state index in [0.29, 0.717) is 18.4 Å². The third kappa shape index (κ3) is 2.03. The van der Waals surface area contributed by atoms with Crippen molar-refractivity contribution in [2.45, 2.75) is 30.4 Å². The van der Waals surface area contributed by atoms with Crippen LogP contribution in [-0.2, 0) is 14.6 Å². The lowest BCUT2D eigenvalue weighted by molar-refractivity contribution is 0.0696. The molecule has 0 unspecified atom stereocenters. The molecule has 18 heavy (non-hydrogen) atoms. The molecule has 1 aromatic carbocycles. The average molecular weight is 268 g/mol. The average Bonchev–Trinajstić information content (AvgIpc) is 2.78. The van der Waals surface area contributed by atoms with Gasteiger partial charge in [0.1, 0.15) is 0 Å². The second kappa shape index (κ2) is 4.39. The van der Waals surface area contributed by atoms with Gasteiger partial charge in [-0.2, -0.15) is 0 Å². The molecule has 1 saturated carbocycles. The summed E-state index contributed by atoms with van der Waals surface area (Å²) in [6, 6.07) is 6.31. The van der Waals surface area contributed by atoms with Gasteiger partial charge in [0.2, 0.25) is 0 Å². The van der Waals surface area contributed by atoms with Crippen molar-refractivity contribution in [1.29, 1.82) is 0 Å². The molecule has 4 nitrogen and oxygen atoms in total. The minimum atomic E-state index is -3.25. The molecule has 2 rings (SSSR count). The fourth-order valence-electron chi connectivity index (χ4n) is 2.76. The number of rotatable bonds is 3. The Labute approximate surface area is 107 Å². The van der Waals surface area contributed by atoms with E-state index in [1.807, 2.05) is 0 Å². The first kappa shape index (κ1) is 13.1. The van der Waals surface area contributed by atoms with Gasteiger partial charge in [-0.1, -0.05) is 25.0 Å². The lowest BCUT2D eigenvalue weighted by Crippen LogP contribution is -2.32.